The van der Waals surface area contributed by atoms with Crippen LogP contribution in [0.25, 0.3) is 11.2 Å². The van der Waals surface area contributed by atoms with Crippen LogP contribution in [0.5, 0.6) is 0 Å². The Morgan fingerprint density at radius 1 is 1.21 bits per heavy atom. The SMILES string of the molecule is Nc1ncnc2c1nc(NC1CCCCC1)n2[C@H]1C[C@@H]2O[P+](O)(O)OC[C@H]2O1.[H-].[Na+]. The van der Waals surface area contributed by atoms with Gasteiger partial charge < -0.3 is 17.2 Å². The molecule has 5 N–H and O–H groups in total. The molecular formula is C16H25N6NaO5P+. The van der Waals surface area contributed by atoms with Gasteiger partial charge in [0.1, 0.15) is 31.4 Å². The van der Waals surface area contributed by atoms with E-state index in [1.165, 1.54) is 25.6 Å². The second-order valence-corrected chi connectivity index (χ2v) is 8.96. The molecule has 3 fully saturated rings. The van der Waals surface area contributed by atoms with Gasteiger partial charge in [-0.25, -0.2) is 15.0 Å². The maximum Gasteiger partial charge on any atom is 1.00 e. The number of nitrogens with one attached hydrogen (secondary N) is 1. The van der Waals surface area contributed by atoms with Crippen molar-refractivity contribution in [1.29, 1.82) is 0 Å². The molecule has 2 aliphatic heterocycles. The van der Waals surface area contributed by atoms with Crippen LogP contribution in [0.1, 0.15) is 46.2 Å². The van der Waals surface area contributed by atoms with Gasteiger partial charge in [-0.05, 0) is 12.8 Å². The molecule has 1 saturated carbocycles. The van der Waals surface area contributed by atoms with Gasteiger partial charge in [-0.2, -0.15) is 14.3 Å². The molecule has 3 atom stereocenters. The summed E-state index contributed by atoms with van der Waals surface area (Å²) >= 11 is 0. The zero-order chi connectivity index (χ0) is 19.3. The van der Waals surface area contributed by atoms with Crippen LogP contribution in [-0.4, -0.2) is 54.2 Å². The Kier molecular flexibility index (Phi) is 6.32. The van der Waals surface area contributed by atoms with Crippen molar-refractivity contribution in [2.75, 3.05) is 17.7 Å². The Labute approximate surface area is 191 Å². The molecule has 13 heteroatoms. The fourth-order valence-corrected chi connectivity index (χ4v) is 5.20. The molecule has 0 aromatic carbocycles. The van der Waals surface area contributed by atoms with Crippen molar-refractivity contribution in [2.24, 2.45) is 0 Å². The van der Waals surface area contributed by atoms with Gasteiger partial charge in [-0.3, -0.25) is 4.57 Å². The number of nitrogens with zero attached hydrogens (tertiary/aromatic N) is 4. The van der Waals surface area contributed by atoms with Crippen molar-refractivity contribution in [1.82, 2.24) is 19.5 Å². The summed E-state index contributed by atoms with van der Waals surface area (Å²) in [5, 5.41) is 3.53. The Balaban J connectivity index is 0.00000128. The van der Waals surface area contributed by atoms with E-state index >= 15 is 0 Å². The van der Waals surface area contributed by atoms with E-state index in [0.29, 0.717) is 35.4 Å². The molecule has 1 aliphatic carbocycles. The van der Waals surface area contributed by atoms with Crippen LogP contribution in [0.4, 0.5) is 11.8 Å². The molecule has 29 heavy (non-hydrogen) atoms. The Hall–Kier alpha value is -0.620. The number of nitrogen functional groups attached to an aromatic ring is 1. The van der Waals surface area contributed by atoms with Gasteiger partial charge in [0.15, 0.2) is 17.0 Å². The Bertz CT molecular complexity index is 885. The molecular weight excluding hydrogens is 410 g/mol. The zero-order valence-corrected chi connectivity index (χ0v) is 19.2. The third-order valence-corrected chi connectivity index (χ3v) is 6.62. The van der Waals surface area contributed by atoms with Gasteiger partial charge in [0.05, 0.1) is 0 Å². The first kappa shape index (κ1) is 21.6. The maximum atomic E-state index is 9.72. The van der Waals surface area contributed by atoms with E-state index in [0.717, 1.165) is 12.8 Å². The Morgan fingerprint density at radius 2 is 2.00 bits per heavy atom. The molecule has 154 valence electrons. The molecule has 0 amide bonds. The largest absolute Gasteiger partial charge is 1.00 e. The average Bonchev–Trinajstić information content (AvgIpc) is 3.23. The summed E-state index contributed by atoms with van der Waals surface area (Å²) in [6, 6.07) is 0.329. The van der Waals surface area contributed by atoms with Crippen LogP contribution in [0.2, 0.25) is 0 Å². The van der Waals surface area contributed by atoms with Crippen molar-refractivity contribution < 1.29 is 54.6 Å². The number of fused-ring (bicyclic) bond motifs is 2. The summed E-state index contributed by atoms with van der Waals surface area (Å²) in [5.74, 6) is 0.939. The fraction of sp³-hybridized carbons (Fsp3) is 0.688. The molecule has 0 unspecified atom stereocenters. The molecule has 2 aromatic rings. The van der Waals surface area contributed by atoms with E-state index in [9.17, 15) is 9.79 Å². The molecule has 0 bridgehead atoms. The van der Waals surface area contributed by atoms with Crippen molar-refractivity contribution in [3.8, 4) is 0 Å². The van der Waals surface area contributed by atoms with Gasteiger partial charge in [-0.15, -0.1) is 4.52 Å². The predicted molar refractivity (Wildman–Crippen MR) is 102 cm³/mol. The quantitative estimate of drug-likeness (QED) is 0.336. The van der Waals surface area contributed by atoms with Gasteiger partial charge in [0.2, 0.25) is 5.95 Å². The van der Waals surface area contributed by atoms with Crippen molar-refractivity contribution in [3.63, 3.8) is 0 Å². The molecule has 11 nitrogen and oxygen atoms in total. The third kappa shape index (κ3) is 4.26. The van der Waals surface area contributed by atoms with E-state index in [4.69, 9.17) is 19.5 Å². The van der Waals surface area contributed by atoms with Gasteiger partial charge in [-0.1, -0.05) is 19.3 Å². The first-order chi connectivity index (χ1) is 13.5. The number of rotatable bonds is 3. The summed E-state index contributed by atoms with van der Waals surface area (Å²) in [4.78, 5) is 32.5. The Morgan fingerprint density at radius 3 is 2.79 bits per heavy atom. The number of hydrogen-bond donors (Lipinski definition) is 4. The van der Waals surface area contributed by atoms with Crippen LogP contribution in [0.15, 0.2) is 6.33 Å². The molecule has 2 aromatic heterocycles. The van der Waals surface area contributed by atoms with Gasteiger partial charge in [0.25, 0.3) is 0 Å². The first-order valence-electron chi connectivity index (χ1n) is 9.58. The van der Waals surface area contributed by atoms with Crippen LogP contribution >= 0.6 is 8.17 Å². The van der Waals surface area contributed by atoms with Crippen molar-refractivity contribution in [2.45, 2.75) is 63.0 Å². The van der Waals surface area contributed by atoms with Crippen LogP contribution in [0.3, 0.4) is 0 Å². The standard InChI is InChI=1S/C16H24N6O5P.Na.H/c17-14-13-15(19-8-18-14)22(16(21-13)20-9-4-2-1-3-5-9)12-6-10-11(26-12)7-25-28(23,24)27-10;;/h8-12,23-24H,1-7H2,(H,20,21)(H2,17,18,19);;/q2*+1;-1/t10-,11+,12+;;/m0../s1. The van der Waals surface area contributed by atoms with Crippen molar-refractivity contribution in [3.05, 3.63) is 6.33 Å². The van der Waals surface area contributed by atoms with E-state index in [2.05, 4.69) is 20.3 Å². The average molecular weight is 435 g/mol. The molecule has 0 spiro atoms. The molecule has 4 heterocycles. The van der Waals surface area contributed by atoms with Crippen LogP contribution < -0.4 is 40.6 Å². The maximum absolute atomic E-state index is 9.72. The van der Waals surface area contributed by atoms with E-state index < -0.39 is 26.6 Å². The summed E-state index contributed by atoms with van der Waals surface area (Å²) in [5.41, 5.74) is 7.11. The number of ether oxygens (including phenoxy) is 1. The zero-order valence-electron chi connectivity index (χ0n) is 17.3. The molecule has 3 aliphatic rings. The minimum atomic E-state index is -3.77. The van der Waals surface area contributed by atoms with E-state index in [-0.39, 0.29) is 37.6 Å². The smallest absolute Gasteiger partial charge is 1.00 e. The summed E-state index contributed by atoms with van der Waals surface area (Å²) < 4.78 is 18.3. The van der Waals surface area contributed by atoms with E-state index in [1.807, 2.05) is 4.57 Å². The predicted octanol–water partition coefficient (Wildman–Crippen LogP) is -1.37. The number of nitrogens with two attached hydrogens (primary N) is 1. The molecule has 0 radical (unpaired) electrons. The number of anilines is 2. The monoisotopic (exact) mass is 435 g/mol. The minimum Gasteiger partial charge on any atom is -1.00 e. The van der Waals surface area contributed by atoms with Gasteiger partial charge >= 0.3 is 37.7 Å². The summed E-state index contributed by atoms with van der Waals surface area (Å²) in [6.07, 6.45) is 6.32. The van der Waals surface area contributed by atoms with Gasteiger partial charge in [0, 0.05) is 12.5 Å². The minimum absolute atomic E-state index is 0. The number of imidazole rings is 1. The number of hydrogen-bond acceptors (Lipinski definition) is 10. The van der Waals surface area contributed by atoms with E-state index in [1.54, 1.807) is 0 Å². The first-order valence-corrected chi connectivity index (χ1v) is 11.1. The second kappa shape index (κ2) is 8.49. The molecule has 2 saturated heterocycles. The summed E-state index contributed by atoms with van der Waals surface area (Å²) in [6.45, 7) is 0.0666. The molecule has 5 rings (SSSR count). The summed E-state index contributed by atoms with van der Waals surface area (Å²) in [7, 11) is -3.77. The van der Waals surface area contributed by atoms with Crippen LogP contribution in [0, 0.1) is 0 Å². The van der Waals surface area contributed by atoms with Crippen LogP contribution in [-0.2, 0) is 13.8 Å². The topological polar surface area (TPSA) is 150 Å². The normalized spacial score (nSPS) is 29.4. The second-order valence-electron chi connectivity index (χ2n) is 7.51. The fourth-order valence-electron chi connectivity index (χ4n) is 4.23. The van der Waals surface area contributed by atoms with Crippen molar-refractivity contribution >= 4 is 31.1 Å². The third-order valence-electron chi connectivity index (χ3n) is 5.59. The number of aromatic nitrogens is 4.